The van der Waals surface area contributed by atoms with E-state index in [1.54, 1.807) is 39.4 Å². The Kier molecular flexibility index (Phi) is 5.98. The Balaban J connectivity index is 1.99. The quantitative estimate of drug-likeness (QED) is 0.661. The normalized spacial score (nSPS) is 34.4. The highest BCUT2D eigenvalue weighted by atomic mass is 35.5. The molecule has 0 aromatic carbocycles. The maximum atomic E-state index is 13.2. The Labute approximate surface area is 177 Å². The summed E-state index contributed by atoms with van der Waals surface area (Å²) in [6.07, 6.45) is 9.03. The maximum Gasteiger partial charge on any atom is 0.207 e. The zero-order valence-corrected chi connectivity index (χ0v) is 18.5. The van der Waals surface area contributed by atoms with Gasteiger partial charge in [0.05, 0.1) is 17.4 Å². The van der Waals surface area contributed by atoms with Crippen LogP contribution in [0.15, 0.2) is 58.1 Å². The summed E-state index contributed by atoms with van der Waals surface area (Å²) in [6, 6.07) is 0. The molecule has 5 atom stereocenters. The molecule has 3 rings (SSSR count). The van der Waals surface area contributed by atoms with Crippen LogP contribution in [-0.4, -0.2) is 35.5 Å². The van der Waals surface area contributed by atoms with Gasteiger partial charge in [0.2, 0.25) is 5.78 Å². The van der Waals surface area contributed by atoms with Crippen molar-refractivity contribution in [2.45, 2.75) is 58.5 Å². The highest BCUT2D eigenvalue weighted by Crippen LogP contribution is 2.56. The van der Waals surface area contributed by atoms with E-state index in [1.807, 2.05) is 32.9 Å². The molecule has 0 aromatic heterocycles. The number of ketones is 1. The number of rotatable bonds is 5. The van der Waals surface area contributed by atoms with E-state index in [0.29, 0.717) is 17.8 Å². The third-order valence-corrected chi connectivity index (χ3v) is 6.76. The van der Waals surface area contributed by atoms with Crippen LogP contribution < -0.4 is 0 Å². The number of carbonyl (C=O) groups is 1. The van der Waals surface area contributed by atoms with Gasteiger partial charge in [0.25, 0.3) is 0 Å². The lowest BCUT2D eigenvalue weighted by molar-refractivity contribution is -0.211. The van der Waals surface area contributed by atoms with Gasteiger partial charge in [-0.3, -0.25) is 4.79 Å². The molecule has 0 spiro atoms. The summed E-state index contributed by atoms with van der Waals surface area (Å²) in [6.45, 7) is 9.27. The molecule has 0 bridgehead atoms. The van der Waals surface area contributed by atoms with Crippen molar-refractivity contribution in [3.8, 4) is 0 Å². The minimum absolute atomic E-state index is 0.0278. The van der Waals surface area contributed by atoms with Crippen molar-refractivity contribution >= 4 is 17.4 Å². The van der Waals surface area contributed by atoms with Crippen molar-refractivity contribution in [2.24, 2.45) is 11.8 Å². The van der Waals surface area contributed by atoms with Crippen molar-refractivity contribution in [1.29, 1.82) is 0 Å². The van der Waals surface area contributed by atoms with Crippen LogP contribution in [0.1, 0.15) is 41.0 Å². The first kappa shape index (κ1) is 22.0. The van der Waals surface area contributed by atoms with E-state index in [9.17, 15) is 9.90 Å². The fourth-order valence-electron chi connectivity index (χ4n) is 4.03. The smallest absolute Gasteiger partial charge is 0.207 e. The molecule has 1 N–H and O–H groups in total. The van der Waals surface area contributed by atoms with E-state index >= 15 is 0 Å². The third-order valence-electron chi connectivity index (χ3n) is 6.38. The second-order valence-electron chi connectivity index (χ2n) is 8.15. The van der Waals surface area contributed by atoms with Crippen LogP contribution in [0.5, 0.6) is 0 Å². The standard InChI is InChI=1S/C23H29ClO5/c1-7-14(3)23(27-6)11-19-18-12-28-16(9-8-13(2)15(4)25)10-17(18)20(24)21(26)22(19,5)29-23/h7-10,12-13,15,19,25H,11H2,1-6H3. The average molecular weight is 421 g/mol. The molecule has 0 radical (unpaired) electrons. The predicted octanol–water partition coefficient (Wildman–Crippen LogP) is 4.54. The highest BCUT2D eigenvalue weighted by molar-refractivity contribution is 6.45. The van der Waals surface area contributed by atoms with Gasteiger partial charge in [0.15, 0.2) is 5.79 Å². The molecule has 1 aliphatic carbocycles. The number of methoxy groups -OCH3 is 1. The van der Waals surface area contributed by atoms with Crippen LogP contribution in [0.4, 0.5) is 0 Å². The van der Waals surface area contributed by atoms with E-state index in [2.05, 4.69) is 0 Å². The van der Waals surface area contributed by atoms with Gasteiger partial charge < -0.3 is 19.3 Å². The minimum Gasteiger partial charge on any atom is -0.465 e. The molecule has 3 aliphatic rings. The van der Waals surface area contributed by atoms with Gasteiger partial charge in [-0.15, -0.1) is 0 Å². The summed E-state index contributed by atoms with van der Waals surface area (Å²) in [7, 11) is 1.59. The van der Waals surface area contributed by atoms with Gasteiger partial charge in [-0.1, -0.05) is 30.7 Å². The molecule has 0 aromatic rings. The first-order valence-electron chi connectivity index (χ1n) is 9.88. The van der Waals surface area contributed by atoms with Crippen molar-refractivity contribution < 1.29 is 24.1 Å². The lowest BCUT2D eigenvalue weighted by atomic mass is 9.71. The molecule has 5 nitrogen and oxygen atoms in total. The van der Waals surface area contributed by atoms with Crippen LogP contribution in [0, 0.1) is 11.8 Å². The van der Waals surface area contributed by atoms with Crippen LogP contribution in [0.3, 0.4) is 0 Å². The van der Waals surface area contributed by atoms with E-state index in [0.717, 1.165) is 11.1 Å². The lowest BCUT2D eigenvalue weighted by Crippen LogP contribution is -2.47. The van der Waals surface area contributed by atoms with Crippen LogP contribution in [-0.2, 0) is 19.0 Å². The fourth-order valence-corrected chi connectivity index (χ4v) is 4.38. The van der Waals surface area contributed by atoms with Crippen LogP contribution in [0.25, 0.3) is 0 Å². The zero-order chi connectivity index (χ0) is 21.6. The number of allylic oxidation sites excluding steroid dienone is 4. The van der Waals surface area contributed by atoms with E-state index in [1.165, 1.54) is 0 Å². The van der Waals surface area contributed by atoms with Crippen LogP contribution in [0.2, 0.25) is 0 Å². The molecule has 158 valence electrons. The molecular weight excluding hydrogens is 392 g/mol. The van der Waals surface area contributed by atoms with Gasteiger partial charge in [0.1, 0.15) is 11.4 Å². The Bertz CT molecular complexity index is 862. The lowest BCUT2D eigenvalue weighted by Gasteiger charge is -2.37. The first-order valence-corrected chi connectivity index (χ1v) is 10.3. The summed E-state index contributed by atoms with van der Waals surface area (Å²) in [5, 5.41) is 9.79. The van der Waals surface area contributed by atoms with Gasteiger partial charge in [-0.05, 0) is 45.4 Å². The summed E-state index contributed by atoms with van der Waals surface area (Å²) in [5.41, 5.74) is 1.27. The average Bonchev–Trinajstić information content (AvgIpc) is 3.04. The number of carbonyl (C=O) groups excluding carboxylic acids is 1. The molecule has 2 aliphatic heterocycles. The summed E-state index contributed by atoms with van der Waals surface area (Å²) < 4.78 is 17.9. The van der Waals surface area contributed by atoms with E-state index < -0.39 is 17.5 Å². The number of aliphatic hydroxyl groups is 1. The molecular formula is C23H29ClO5. The number of hydrogen-bond acceptors (Lipinski definition) is 5. The van der Waals surface area contributed by atoms with E-state index in [-0.39, 0.29) is 22.7 Å². The Morgan fingerprint density at radius 1 is 1.45 bits per heavy atom. The van der Waals surface area contributed by atoms with Gasteiger partial charge in [-0.2, -0.15) is 0 Å². The monoisotopic (exact) mass is 420 g/mol. The van der Waals surface area contributed by atoms with Gasteiger partial charge >= 0.3 is 0 Å². The number of aliphatic hydroxyl groups excluding tert-OH is 1. The molecule has 1 fully saturated rings. The zero-order valence-electron chi connectivity index (χ0n) is 17.8. The molecule has 2 heterocycles. The predicted molar refractivity (Wildman–Crippen MR) is 112 cm³/mol. The fraction of sp³-hybridized carbons (Fsp3) is 0.522. The Morgan fingerprint density at radius 2 is 2.14 bits per heavy atom. The number of halogens is 1. The van der Waals surface area contributed by atoms with E-state index in [4.69, 9.17) is 25.8 Å². The first-order chi connectivity index (χ1) is 13.6. The molecule has 5 unspecified atom stereocenters. The minimum atomic E-state index is -1.13. The maximum absolute atomic E-state index is 13.2. The summed E-state index contributed by atoms with van der Waals surface area (Å²) >= 11 is 6.51. The molecule has 6 heteroatoms. The topological polar surface area (TPSA) is 65.0 Å². The Hall–Kier alpha value is -1.66. The van der Waals surface area contributed by atoms with Gasteiger partial charge in [-0.25, -0.2) is 0 Å². The summed E-state index contributed by atoms with van der Waals surface area (Å²) in [4.78, 5) is 13.2. The van der Waals surface area contributed by atoms with Gasteiger partial charge in [0, 0.05) is 36.5 Å². The van der Waals surface area contributed by atoms with Crippen molar-refractivity contribution in [1.82, 2.24) is 0 Å². The molecule has 29 heavy (non-hydrogen) atoms. The number of Topliss-reactive ketones (excluding diaryl/α,β-unsaturated/α-hetero) is 1. The van der Waals surface area contributed by atoms with Crippen molar-refractivity contribution in [3.63, 3.8) is 0 Å². The van der Waals surface area contributed by atoms with Crippen molar-refractivity contribution in [2.75, 3.05) is 7.11 Å². The second-order valence-corrected chi connectivity index (χ2v) is 8.53. The van der Waals surface area contributed by atoms with Crippen LogP contribution >= 0.6 is 11.6 Å². The third kappa shape index (κ3) is 3.55. The number of ether oxygens (including phenoxy) is 3. The molecule has 1 saturated heterocycles. The highest BCUT2D eigenvalue weighted by Gasteiger charge is 2.62. The Morgan fingerprint density at radius 3 is 2.72 bits per heavy atom. The molecule has 0 amide bonds. The second kappa shape index (κ2) is 7.88. The SMILES string of the molecule is CC=C(C)C1(OC)CC2C3=COC(C=CC(C)C(C)O)=CC3=C(Cl)C(=O)C2(C)O1. The largest absolute Gasteiger partial charge is 0.465 e. The number of fused-ring (bicyclic) bond motifs is 3. The van der Waals surface area contributed by atoms with Crippen molar-refractivity contribution in [3.05, 3.63) is 58.1 Å². The number of hydrogen-bond donors (Lipinski definition) is 1. The summed E-state index contributed by atoms with van der Waals surface area (Å²) in [5.74, 6) is -0.945. The molecule has 0 saturated carbocycles.